The molecule has 8 heteroatoms. The smallest absolute Gasteiger partial charge is 0.340 e. The Labute approximate surface area is 106 Å². The summed E-state index contributed by atoms with van der Waals surface area (Å²) in [5.74, 6) is -0.0258. The molecule has 0 aliphatic carbocycles. The molecule has 0 spiro atoms. The van der Waals surface area contributed by atoms with Crippen LogP contribution in [-0.2, 0) is 11.0 Å². The highest BCUT2D eigenvalue weighted by Gasteiger charge is 2.38. The first-order valence-corrected chi connectivity index (χ1v) is 5.83. The van der Waals surface area contributed by atoms with E-state index >= 15 is 0 Å². The number of piperazine rings is 1. The van der Waals surface area contributed by atoms with Gasteiger partial charge in [-0.15, -0.1) is 0 Å². The number of anilines is 2. The Bertz CT molecular complexity index is 531. The third kappa shape index (κ3) is 2.01. The maximum absolute atomic E-state index is 12.7. The molecule has 1 saturated heterocycles. The van der Waals surface area contributed by atoms with Gasteiger partial charge in [-0.3, -0.25) is 4.79 Å². The number of pyridine rings is 1. The molecule has 3 rings (SSSR count). The van der Waals surface area contributed by atoms with E-state index in [1.54, 1.807) is 4.90 Å². The lowest BCUT2D eigenvalue weighted by molar-refractivity contribution is -0.141. The topological polar surface area (TPSA) is 57.3 Å². The molecule has 19 heavy (non-hydrogen) atoms. The van der Waals surface area contributed by atoms with E-state index in [9.17, 15) is 18.0 Å². The van der Waals surface area contributed by atoms with Gasteiger partial charge in [0.1, 0.15) is 11.7 Å². The van der Waals surface area contributed by atoms with Crippen LogP contribution < -0.4 is 15.5 Å². The monoisotopic (exact) mass is 272 g/mol. The number of carbonyl (C=O) groups is 1. The average Bonchev–Trinajstić information content (AvgIpc) is 2.37. The fraction of sp³-hybridized carbons (Fsp3) is 0.455. The molecule has 2 N–H and O–H groups in total. The number of rotatable bonds is 0. The van der Waals surface area contributed by atoms with Gasteiger partial charge in [0, 0.05) is 19.6 Å². The van der Waals surface area contributed by atoms with Crippen LogP contribution in [0, 0.1) is 0 Å². The molecule has 0 radical (unpaired) electrons. The van der Waals surface area contributed by atoms with Crippen molar-refractivity contribution in [1.29, 1.82) is 0 Å². The standard InChI is InChI=1S/C11H11F3N4O/c12-11(13,14)8-2-1-6-9(17-8)18-4-3-15-5-7(18)10(19)16-6/h1-2,7,15H,3-5H2,(H,16,19). The highest BCUT2D eigenvalue weighted by molar-refractivity contribution is 6.03. The Morgan fingerprint density at radius 1 is 1.37 bits per heavy atom. The molecular formula is C11H11F3N4O. The van der Waals surface area contributed by atoms with Crippen molar-refractivity contribution in [2.24, 2.45) is 0 Å². The van der Waals surface area contributed by atoms with Crippen molar-refractivity contribution in [2.75, 3.05) is 29.9 Å². The fourth-order valence-corrected chi connectivity index (χ4v) is 2.33. The largest absolute Gasteiger partial charge is 0.433 e. The summed E-state index contributed by atoms with van der Waals surface area (Å²) in [6, 6.07) is 1.63. The van der Waals surface area contributed by atoms with E-state index in [0.29, 0.717) is 25.3 Å². The average molecular weight is 272 g/mol. The summed E-state index contributed by atoms with van der Waals surface area (Å²) in [4.78, 5) is 17.1. The Balaban J connectivity index is 2.05. The SMILES string of the molecule is O=C1Nc2ccc(C(F)(F)F)nc2N2CCNCC12. The summed E-state index contributed by atoms with van der Waals surface area (Å²) in [5.41, 5.74) is -0.615. The highest BCUT2D eigenvalue weighted by atomic mass is 19.4. The second-order valence-corrected chi connectivity index (χ2v) is 4.47. The van der Waals surface area contributed by atoms with E-state index in [-0.39, 0.29) is 11.7 Å². The minimum absolute atomic E-state index is 0.195. The summed E-state index contributed by atoms with van der Waals surface area (Å²) in [6.45, 7) is 1.48. The fourth-order valence-electron chi connectivity index (χ4n) is 2.33. The molecule has 102 valence electrons. The van der Waals surface area contributed by atoms with Crippen LogP contribution in [0.25, 0.3) is 0 Å². The molecule has 0 saturated carbocycles. The van der Waals surface area contributed by atoms with Gasteiger partial charge in [-0.05, 0) is 12.1 Å². The number of amides is 1. The number of hydrogen-bond donors (Lipinski definition) is 2. The lowest BCUT2D eigenvalue weighted by atomic mass is 10.1. The van der Waals surface area contributed by atoms with E-state index in [2.05, 4.69) is 15.6 Å². The van der Waals surface area contributed by atoms with Crippen molar-refractivity contribution < 1.29 is 18.0 Å². The molecule has 1 aromatic rings. The van der Waals surface area contributed by atoms with Gasteiger partial charge in [0.2, 0.25) is 5.91 Å². The molecule has 5 nitrogen and oxygen atoms in total. The van der Waals surface area contributed by atoms with Gasteiger partial charge < -0.3 is 15.5 Å². The molecule has 1 fully saturated rings. The van der Waals surface area contributed by atoms with E-state index in [1.165, 1.54) is 6.07 Å². The van der Waals surface area contributed by atoms with Crippen LogP contribution in [0.3, 0.4) is 0 Å². The summed E-state index contributed by atoms with van der Waals surface area (Å²) in [6.07, 6.45) is -4.49. The van der Waals surface area contributed by atoms with E-state index in [4.69, 9.17) is 0 Å². The van der Waals surface area contributed by atoms with Crippen molar-refractivity contribution in [2.45, 2.75) is 12.2 Å². The van der Waals surface area contributed by atoms with E-state index in [0.717, 1.165) is 6.07 Å². The van der Waals surface area contributed by atoms with E-state index in [1.807, 2.05) is 0 Å². The number of fused-ring (bicyclic) bond motifs is 3. The zero-order valence-corrected chi connectivity index (χ0v) is 9.79. The normalized spacial score (nSPS) is 22.6. The zero-order chi connectivity index (χ0) is 13.6. The summed E-state index contributed by atoms with van der Waals surface area (Å²) in [7, 11) is 0. The summed E-state index contributed by atoms with van der Waals surface area (Å²) >= 11 is 0. The second-order valence-electron chi connectivity index (χ2n) is 4.47. The Hall–Kier alpha value is -1.83. The molecular weight excluding hydrogens is 261 g/mol. The van der Waals surface area contributed by atoms with E-state index < -0.39 is 17.9 Å². The molecule has 0 bridgehead atoms. The van der Waals surface area contributed by atoms with Gasteiger partial charge in [-0.2, -0.15) is 13.2 Å². The summed E-state index contributed by atoms with van der Waals surface area (Å²) < 4.78 is 38.0. The first-order valence-electron chi connectivity index (χ1n) is 5.83. The molecule has 1 amide bonds. The number of alkyl halides is 3. The Morgan fingerprint density at radius 3 is 2.89 bits per heavy atom. The lowest BCUT2D eigenvalue weighted by Gasteiger charge is -2.40. The van der Waals surface area contributed by atoms with Crippen molar-refractivity contribution >= 4 is 17.4 Å². The van der Waals surface area contributed by atoms with Gasteiger partial charge >= 0.3 is 6.18 Å². The van der Waals surface area contributed by atoms with Crippen LogP contribution in [0.2, 0.25) is 0 Å². The first-order chi connectivity index (χ1) is 8.97. The quantitative estimate of drug-likeness (QED) is 0.734. The molecule has 1 atom stereocenters. The second kappa shape index (κ2) is 4.09. The predicted octanol–water partition coefficient (Wildman–Crippen LogP) is 0.831. The summed E-state index contributed by atoms with van der Waals surface area (Å²) in [5, 5.41) is 5.62. The predicted molar refractivity (Wildman–Crippen MR) is 61.9 cm³/mol. The highest BCUT2D eigenvalue weighted by Crippen LogP contribution is 2.35. The van der Waals surface area contributed by atoms with Crippen molar-refractivity contribution in [1.82, 2.24) is 10.3 Å². The molecule has 0 aromatic carbocycles. The maximum Gasteiger partial charge on any atom is 0.433 e. The number of carbonyl (C=O) groups excluding carboxylic acids is 1. The van der Waals surface area contributed by atoms with Crippen molar-refractivity contribution in [3.05, 3.63) is 17.8 Å². The van der Waals surface area contributed by atoms with Crippen LogP contribution in [0.5, 0.6) is 0 Å². The molecule has 3 heterocycles. The van der Waals surface area contributed by atoms with Crippen LogP contribution in [0.1, 0.15) is 5.69 Å². The minimum Gasteiger partial charge on any atom is -0.340 e. The Morgan fingerprint density at radius 2 is 2.16 bits per heavy atom. The maximum atomic E-state index is 12.7. The van der Waals surface area contributed by atoms with Crippen LogP contribution >= 0.6 is 0 Å². The number of hydrogen-bond acceptors (Lipinski definition) is 4. The first kappa shape index (κ1) is 12.2. The number of aromatic nitrogens is 1. The van der Waals surface area contributed by atoms with Crippen LogP contribution in [-0.4, -0.2) is 36.6 Å². The zero-order valence-electron chi connectivity index (χ0n) is 9.79. The Kier molecular flexibility index (Phi) is 2.63. The number of nitrogens with zero attached hydrogens (tertiary/aromatic N) is 2. The molecule has 2 aliphatic rings. The molecule has 1 unspecified atom stereocenters. The van der Waals surface area contributed by atoms with Crippen LogP contribution in [0.4, 0.5) is 24.7 Å². The van der Waals surface area contributed by atoms with Crippen molar-refractivity contribution in [3.63, 3.8) is 0 Å². The van der Waals surface area contributed by atoms with Gasteiger partial charge in [0.15, 0.2) is 5.82 Å². The third-order valence-corrected chi connectivity index (χ3v) is 3.24. The van der Waals surface area contributed by atoms with Gasteiger partial charge in [0.05, 0.1) is 5.69 Å². The number of nitrogens with one attached hydrogen (secondary N) is 2. The molecule has 1 aromatic heterocycles. The number of halogens is 3. The van der Waals surface area contributed by atoms with Crippen LogP contribution in [0.15, 0.2) is 12.1 Å². The minimum atomic E-state index is -4.49. The lowest BCUT2D eigenvalue weighted by Crippen LogP contribution is -2.59. The van der Waals surface area contributed by atoms with Crippen molar-refractivity contribution in [3.8, 4) is 0 Å². The third-order valence-electron chi connectivity index (χ3n) is 3.24. The molecule has 2 aliphatic heterocycles. The van der Waals surface area contributed by atoms with Gasteiger partial charge in [-0.1, -0.05) is 0 Å². The van der Waals surface area contributed by atoms with Gasteiger partial charge in [0.25, 0.3) is 0 Å². The van der Waals surface area contributed by atoms with Gasteiger partial charge in [-0.25, -0.2) is 4.98 Å².